The first kappa shape index (κ1) is 15.5. The molecule has 0 aliphatic rings. The molecule has 0 spiro atoms. The van der Waals surface area contributed by atoms with Gasteiger partial charge in [-0.3, -0.25) is 0 Å². The summed E-state index contributed by atoms with van der Waals surface area (Å²) in [6.07, 6.45) is 1.51. The number of rotatable bonds is 6. The van der Waals surface area contributed by atoms with Crippen LogP contribution in [0.1, 0.15) is 18.3 Å². The van der Waals surface area contributed by atoms with Gasteiger partial charge in [-0.15, -0.1) is 10.2 Å². The van der Waals surface area contributed by atoms with E-state index < -0.39 is 15.8 Å². The molecule has 1 heterocycles. The Balaban J connectivity index is 2.25. The van der Waals surface area contributed by atoms with Crippen molar-refractivity contribution in [1.82, 2.24) is 19.5 Å². The van der Waals surface area contributed by atoms with Crippen LogP contribution in [0.2, 0.25) is 0 Å². The molecule has 0 saturated heterocycles. The Morgan fingerprint density at radius 3 is 2.86 bits per heavy atom. The molecule has 0 atom stereocenters. The van der Waals surface area contributed by atoms with Crippen LogP contribution in [-0.4, -0.2) is 23.2 Å². The van der Waals surface area contributed by atoms with Crippen molar-refractivity contribution in [3.63, 3.8) is 0 Å². The third-order valence-electron chi connectivity index (χ3n) is 3.03. The van der Waals surface area contributed by atoms with E-state index in [2.05, 4.69) is 14.9 Å². The first-order valence-corrected chi connectivity index (χ1v) is 7.81. The van der Waals surface area contributed by atoms with Crippen molar-refractivity contribution in [2.75, 3.05) is 0 Å². The number of hydrogen-bond donors (Lipinski definition) is 2. The minimum Gasteiger partial charge on any atom is -0.326 e. The second-order valence-corrected chi connectivity index (χ2v) is 6.01. The van der Waals surface area contributed by atoms with Gasteiger partial charge >= 0.3 is 0 Å². The monoisotopic (exact) mass is 313 g/mol. The number of aromatic nitrogens is 3. The van der Waals surface area contributed by atoms with Gasteiger partial charge in [-0.1, -0.05) is 6.07 Å². The first-order valence-electron chi connectivity index (χ1n) is 6.33. The van der Waals surface area contributed by atoms with Crippen LogP contribution < -0.4 is 10.5 Å². The van der Waals surface area contributed by atoms with Gasteiger partial charge in [0.2, 0.25) is 10.0 Å². The maximum atomic E-state index is 13.6. The lowest BCUT2D eigenvalue weighted by molar-refractivity contribution is 0.566. The summed E-state index contributed by atoms with van der Waals surface area (Å²) in [6.45, 7) is 2.28. The molecule has 0 amide bonds. The molecule has 7 nitrogen and oxygen atoms in total. The van der Waals surface area contributed by atoms with Crippen molar-refractivity contribution >= 4 is 10.0 Å². The lowest BCUT2D eigenvalue weighted by Gasteiger charge is -2.11. The molecular formula is C12H16FN5O2S. The van der Waals surface area contributed by atoms with Crippen molar-refractivity contribution in [3.8, 4) is 0 Å². The second-order valence-electron chi connectivity index (χ2n) is 4.28. The highest BCUT2D eigenvalue weighted by Gasteiger charge is 2.20. The van der Waals surface area contributed by atoms with Crippen molar-refractivity contribution in [3.05, 3.63) is 41.7 Å². The molecule has 3 N–H and O–H groups in total. The van der Waals surface area contributed by atoms with Gasteiger partial charge < -0.3 is 10.3 Å². The number of nitrogens with two attached hydrogens (primary N) is 1. The highest BCUT2D eigenvalue weighted by Crippen LogP contribution is 2.18. The van der Waals surface area contributed by atoms with Gasteiger partial charge in [-0.25, -0.2) is 17.5 Å². The average Bonchev–Trinajstić information content (AvgIpc) is 2.92. The quantitative estimate of drug-likeness (QED) is 0.802. The molecular weight excluding hydrogens is 297 g/mol. The molecule has 114 valence electrons. The normalized spacial score (nSPS) is 11.8. The van der Waals surface area contributed by atoms with Gasteiger partial charge in [0.05, 0.1) is 11.4 Å². The van der Waals surface area contributed by atoms with Crippen LogP contribution in [0.3, 0.4) is 0 Å². The van der Waals surface area contributed by atoms with E-state index in [0.29, 0.717) is 12.4 Å². The second kappa shape index (κ2) is 6.29. The van der Waals surface area contributed by atoms with E-state index in [9.17, 15) is 12.8 Å². The predicted octanol–water partition coefficient (Wildman–Crippen LogP) is 0.374. The molecule has 1 aromatic heterocycles. The number of nitrogens with zero attached hydrogens (tertiary/aromatic N) is 3. The maximum absolute atomic E-state index is 13.6. The van der Waals surface area contributed by atoms with Crippen LogP contribution in [0.5, 0.6) is 0 Å². The van der Waals surface area contributed by atoms with Crippen molar-refractivity contribution in [2.24, 2.45) is 5.73 Å². The zero-order valence-electron chi connectivity index (χ0n) is 11.5. The largest absolute Gasteiger partial charge is 0.326 e. The molecule has 0 aliphatic heterocycles. The van der Waals surface area contributed by atoms with E-state index in [4.69, 9.17) is 5.73 Å². The van der Waals surface area contributed by atoms with Crippen LogP contribution in [0.25, 0.3) is 0 Å². The Hall–Kier alpha value is -1.84. The highest BCUT2D eigenvalue weighted by atomic mass is 32.2. The van der Waals surface area contributed by atoms with Crippen LogP contribution in [0.4, 0.5) is 4.39 Å². The van der Waals surface area contributed by atoms with Crippen LogP contribution >= 0.6 is 0 Å². The topological polar surface area (TPSA) is 103 Å². The summed E-state index contributed by atoms with van der Waals surface area (Å²) in [4.78, 5) is -0.160. The Labute approximate surface area is 122 Å². The molecule has 9 heteroatoms. The van der Waals surface area contributed by atoms with Gasteiger partial charge in [-0.05, 0) is 19.1 Å². The molecule has 0 aliphatic carbocycles. The molecule has 0 fully saturated rings. The molecule has 21 heavy (non-hydrogen) atoms. The number of hydrogen-bond acceptors (Lipinski definition) is 5. The Morgan fingerprint density at radius 2 is 2.19 bits per heavy atom. The van der Waals surface area contributed by atoms with Gasteiger partial charge in [0.25, 0.3) is 0 Å². The predicted molar refractivity (Wildman–Crippen MR) is 74.0 cm³/mol. The molecule has 0 bridgehead atoms. The molecule has 0 radical (unpaired) electrons. The van der Waals surface area contributed by atoms with E-state index in [1.807, 2.05) is 6.92 Å². The number of nitrogens with one attached hydrogen (secondary N) is 1. The highest BCUT2D eigenvalue weighted by molar-refractivity contribution is 7.89. The van der Waals surface area contributed by atoms with Gasteiger partial charge in [0, 0.05) is 18.7 Å². The third-order valence-corrected chi connectivity index (χ3v) is 4.51. The summed E-state index contributed by atoms with van der Waals surface area (Å²) in [6, 6.07) is 3.82. The third kappa shape index (κ3) is 3.26. The van der Waals surface area contributed by atoms with Crippen LogP contribution in [0.15, 0.2) is 29.4 Å². The van der Waals surface area contributed by atoms with E-state index in [1.54, 1.807) is 4.57 Å². The fourth-order valence-corrected chi connectivity index (χ4v) is 3.14. The first-order chi connectivity index (χ1) is 9.99. The summed E-state index contributed by atoms with van der Waals surface area (Å²) < 4.78 is 42.2. The van der Waals surface area contributed by atoms with E-state index in [1.165, 1.54) is 24.5 Å². The fraction of sp³-hybridized carbons (Fsp3) is 0.333. The fourth-order valence-electron chi connectivity index (χ4n) is 1.91. The minimum atomic E-state index is -3.88. The van der Waals surface area contributed by atoms with Crippen molar-refractivity contribution < 1.29 is 12.8 Å². The molecule has 1 aromatic carbocycles. The van der Waals surface area contributed by atoms with Crippen molar-refractivity contribution in [1.29, 1.82) is 0 Å². The van der Waals surface area contributed by atoms with Crippen LogP contribution in [-0.2, 0) is 29.7 Å². The number of benzene rings is 1. The molecule has 2 rings (SSSR count). The summed E-state index contributed by atoms with van der Waals surface area (Å²) in [5.41, 5.74) is 5.39. The van der Waals surface area contributed by atoms with E-state index in [0.717, 1.165) is 0 Å². The van der Waals surface area contributed by atoms with E-state index in [-0.39, 0.29) is 23.5 Å². The zero-order chi connectivity index (χ0) is 15.5. The SMILES string of the molecule is CCn1cnnc1CNS(=O)(=O)c1cccc(F)c1CN. The standard InChI is InChI=1S/C12H16FN5O2S/c1-2-18-8-15-17-12(18)7-16-21(19,20)11-5-3-4-10(13)9(11)6-14/h3-5,8,16H,2,6-7,14H2,1H3. The van der Waals surface area contributed by atoms with Gasteiger partial charge in [0.15, 0.2) is 0 Å². The lowest BCUT2D eigenvalue weighted by atomic mass is 10.2. The smallest absolute Gasteiger partial charge is 0.241 e. The Morgan fingerprint density at radius 1 is 1.43 bits per heavy atom. The zero-order valence-corrected chi connectivity index (χ0v) is 12.3. The average molecular weight is 313 g/mol. The Kier molecular flexibility index (Phi) is 4.66. The molecule has 0 saturated carbocycles. The Bertz CT molecular complexity index is 729. The number of halogens is 1. The minimum absolute atomic E-state index is 0.0311. The summed E-state index contributed by atoms with van der Waals surface area (Å²) >= 11 is 0. The van der Waals surface area contributed by atoms with Crippen molar-refractivity contribution in [2.45, 2.75) is 31.5 Å². The maximum Gasteiger partial charge on any atom is 0.241 e. The summed E-state index contributed by atoms with van der Waals surface area (Å²) in [5, 5.41) is 7.54. The summed E-state index contributed by atoms with van der Waals surface area (Å²) in [7, 11) is -3.88. The lowest BCUT2D eigenvalue weighted by Crippen LogP contribution is -2.26. The van der Waals surface area contributed by atoms with Gasteiger partial charge in [-0.2, -0.15) is 0 Å². The molecule has 2 aromatic rings. The number of aryl methyl sites for hydroxylation is 1. The van der Waals surface area contributed by atoms with Gasteiger partial charge in [0.1, 0.15) is 18.0 Å². The molecule has 0 unspecified atom stereocenters. The van der Waals surface area contributed by atoms with Crippen LogP contribution in [0, 0.1) is 5.82 Å². The number of sulfonamides is 1. The van der Waals surface area contributed by atoms with E-state index >= 15 is 0 Å². The summed E-state index contributed by atoms with van der Waals surface area (Å²) in [5.74, 6) is -0.163.